The summed E-state index contributed by atoms with van der Waals surface area (Å²) in [7, 11) is -3.70. The predicted octanol–water partition coefficient (Wildman–Crippen LogP) is 3.78. The first-order chi connectivity index (χ1) is 13.6. The lowest BCUT2D eigenvalue weighted by atomic mass is 10.1. The normalized spacial score (nSPS) is 17.2. The van der Waals surface area contributed by atoms with Crippen LogP contribution < -0.4 is 10.6 Å². The third kappa shape index (κ3) is 4.82. The van der Waals surface area contributed by atoms with E-state index in [2.05, 4.69) is 10.6 Å². The number of thioether (sulfide) groups is 1. The van der Waals surface area contributed by atoms with Gasteiger partial charge in [0.25, 0.3) is 0 Å². The van der Waals surface area contributed by atoms with E-state index < -0.39 is 15.8 Å². The third-order valence-electron chi connectivity index (χ3n) is 4.80. The highest BCUT2D eigenvalue weighted by Crippen LogP contribution is 2.37. The smallest absolute Gasteiger partial charge is 0.237 e. The fourth-order valence-corrected chi connectivity index (χ4v) is 5.60. The molecule has 1 aliphatic rings. The van der Waals surface area contributed by atoms with Gasteiger partial charge in [-0.2, -0.15) is 0 Å². The zero-order valence-corrected chi connectivity index (χ0v) is 18.4. The molecule has 0 aliphatic carbocycles. The topological polar surface area (TPSA) is 92.3 Å². The second-order valence-corrected chi connectivity index (χ2v) is 10.8. The standard InChI is InChI=1S/C21H24N2O4S2/c1-12-5-7-17(13(2)9-12)22-20(24)14(3)11-29(26,27)16-6-8-19-18(10-16)23-21(25)15(4)28-19/h5-10,14-15H,11H2,1-4H3,(H,22,24)(H,23,25). The monoisotopic (exact) mass is 432 g/mol. The van der Waals surface area contributed by atoms with Crippen molar-refractivity contribution in [2.24, 2.45) is 5.92 Å². The van der Waals surface area contributed by atoms with Crippen LogP contribution in [0, 0.1) is 19.8 Å². The van der Waals surface area contributed by atoms with E-state index in [4.69, 9.17) is 0 Å². The maximum Gasteiger partial charge on any atom is 0.237 e. The van der Waals surface area contributed by atoms with Gasteiger partial charge in [0.2, 0.25) is 11.8 Å². The Morgan fingerprint density at radius 3 is 2.62 bits per heavy atom. The van der Waals surface area contributed by atoms with Gasteiger partial charge in [-0.15, -0.1) is 11.8 Å². The second kappa shape index (κ2) is 8.20. The van der Waals surface area contributed by atoms with Gasteiger partial charge in [-0.3, -0.25) is 9.59 Å². The molecule has 2 atom stereocenters. The van der Waals surface area contributed by atoms with E-state index >= 15 is 0 Å². The second-order valence-electron chi connectivity index (χ2n) is 7.40. The Morgan fingerprint density at radius 1 is 1.21 bits per heavy atom. The van der Waals surface area contributed by atoms with Crippen LogP contribution in [0.4, 0.5) is 11.4 Å². The number of sulfone groups is 1. The van der Waals surface area contributed by atoms with Crippen molar-refractivity contribution in [1.82, 2.24) is 0 Å². The van der Waals surface area contributed by atoms with Gasteiger partial charge in [0.1, 0.15) is 0 Å². The van der Waals surface area contributed by atoms with Crippen LogP contribution in [-0.2, 0) is 19.4 Å². The minimum Gasteiger partial charge on any atom is -0.326 e. The van der Waals surface area contributed by atoms with E-state index in [0.717, 1.165) is 16.0 Å². The van der Waals surface area contributed by atoms with Gasteiger partial charge in [-0.25, -0.2) is 8.42 Å². The number of hydrogen-bond donors (Lipinski definition) is 2. The molecule has 3 rings (SSSR count). The van der Waals surface area contributed by atoms with Crippen LogP contribution in [0.5, 0.6) is 0 Å². The number of amides is 2. The zero-order chi connectivity index (χ0) is 21.3. The number of benzene rings is 2. The molecule has 0 bridgehead atoms. The summed E-state index contributed by atoms with van der Waals surface area (Å²) in [6.07, 6.45) is 0. The van der Waals surface area contributed by atoms with Crippen molar-refractivity contribution in [1.29, 1.82) is 0 Å². The Hall–Kier alpha value is -2.32. The van der Waals surface area contributed by atoms with Gasteiger partial charge in [0, 0.05) is 16.5 Å². The van der Waals surface area contributed by atoms with E-state index in [-0.39, 0.29) is 27.7 Å². The summed E-state index contributed by atoms with van der Waals surface area (Å²) in [6.45, 7) is 7.25. The Morgan fingerprint density at radius 2 is 1.93 bits per heavy atom. The molecule has 2 aromatic rings. The van der Waals surface area contributed by atoms with Crippen molar-refractivity contribution in [2.75, 3.05) is 16.4 Å². The molecular weight excluding hydrogens is 408 g/mol. The fraction of sp³-hybridized carbons (Fsp3) is 0.333. The number of hydrogen-bond acceptors (Lipinski definition) is 5. The lowest BCUT2D eigenvalue weighted by Crippen LogP contribution is -2.28. The van der Waals surface area contributed by atoms with Gasteiger partial charge < -0.3 is 10.6 Å². The molecule has 0 aromatic heterocycles. The van der Waals surface area contributed by atoms with Gasteiger partial charge in [-0.1, -0.05) is 24.6 Å². The Kier molecular flexibility index (Phi) is 6.05. The molecule has 8 heteroatoms. The summed E-state index contributed by atoms with van der Waals surface area (Å²) in [5.74, 6) is -1.56. The maximum absolute atomic E-state index is 12.8. The SMILES string of the molecule is Cc1ccc(NC(=O)C(C)CS(=O)(=O)c2ccc3c(c2)NC(=O)C(C)S3)c(C)c1. The van der Waals surface area contributed by atoms with Crippen LogP contribution in [0.1, 0.15) is 25.0 Å². The van der Waals surface area contributed by atoms with Crippen molar-refractivity contribution < 1.29 is 18.0 Å². The van der Waals surface area contributed by atoms with Crippen LogP contribution in [0.3, 0.4) is 0 Å². The number of nitrogens with one attached hydrogen (secondary N) is 2. The number of anilines is 2. The van der Waals surface area contributed by atoms with Crippen LogP contribution in [0.15, 0.2) is 46.2 Å². The third-order valence-corrected chi connectivity index (χ3v) is 7.89. The highest BCUT2D eigenvalue weighted by atomic mass is 32.2. The van der Waals surface area contributed by atoms with E-state index in [1.807, 2.05) is 32.0 Å². The van der Waals surface area contributed by atoms with E-state index in [1.54, 1.807) is 19.9 Å². The summed E-state index contributed by atoms with van der Waals surface area (Å²) in [5, 5.41) is 5.32. The van der Waals surface area contributed by atoms with Crippen LogP contribution in [-0.4, -0.2) is 31.2 Å². The lowest BCUT2D eigenvalue weighted by molar-refractivity contribution is -0.119. The Bertz CT molecular complexity index is 1080. The summed E-state index contributed by atoms with van der Waals surface area (Å²) in [5.41, 5.74) is 3.17. The highest BCUT2D eigenvalue weighted by molar-refractivity contribution is 8.01. The molecule has 154 valence electrons. The Labute approximate surface area is 175 Å². The van der Waals surface area contributed by atoms with Crippen molar-refractivity contribution in [3.05, 3.63) is 47.5 Å². The predicted molar refractivity (Wildman–Crippen MR) is 116 cm³/mol. The minimum absolute atomic E-state index is 0.0952. The number of carbonyl (C=O) groups is 2. The number of rotatable bonds is 5. The Balaban J connectivity index is 1.74. The van der Waals surface area contributed by atoms with Crippen molar-refractivity contribution in [3.8, 4) is 0 Å². The summed E-state index contributed by atoms with van der Waals surface area (Å²) in [4.78, 5) is 25.3. The molecule has 29 heavy (non-hydrogen) atoms. The molecule has 1 heterocycles. The van der Waals surface area contributed by atoms with Crippen LogP contribution in [0.25, 0.3) is 0 Å². The summed E-state index contributed by atoms with van der Waals surface area (Å²) < 4.78 is 25.7. The fourth-order valence-electron chi connectivity index (χ4n) is 3.09. The quantitative estimate of drug-likeness (QED) is 0.750. The molecule has 2 N–H and O–H groups in total. The maximum atomic E-state index is 12.8. The van der Waals surface area contributed by atoms with Crippen LogP contribution in [0.2, 0.25) is 0 Å². The van der Waals surface area contributed by atoms with Crippen molar-refractivity contribution in [2.45, 2.75) is 42.7 Å². The van der Waals surface area contributed by atoms with E-state index in [1.165, 1.54) is 23.9 Å². The average Bonchev–Trinajstić information content (AvgIpc) is 2.64. The summed E-state index contributed by atoms with van der Waals surface area (Å²) >= 11 is 1.39. The largest absolute Gasteiger partial charge is 0.326 e. The first-order valence-corrected chi connectivity index (χ1v) is 11.8. The van der Waals surface area contributed by atoms with Gasteiger partial charge in [0.15, 0.2) is 9.84 Å². The average molecular weight is 433 g/mol. The minimum atomic E-state index is -3.70. The van der Waals surface area contributed by atoms with Gasteiger partial charge in [0.05, 0.1) is 21.6 Å². The molecular formula is C21H24N2O4S2. The van der Waals surface area contributed by atoms with Gasteiger partial charge >= 0.3 is 0 Å². The molecule has 2 amide bonds. The first-order valence-electron chi connectivity index (χ1n) is 9.29. The molecule has 0 saturated heterocycles. The van der Waals surface area contributed by atoms with E-state index in [9.17, 15) is 18.0 Å². The molecule has 2 unspecified atom stereocenters. The first kappa shape index (κ1) is 21.4. The highest BCUT2D eigenvalue weighted by Gasteiger charge is 2.27. The molecule has 6 nitrogen and oxygen atoms in total. The molecule has 0 radical (unpaired) electrons. The molecule has 0 saturated carbocycles. The lowest BCUT2D eigenvalue weighted by Gasteiger charge is -2.22. The van der Waals surface area contributed by atoms with E-state index in [0.29, 0.717) is 11.4 Å². The van der Waals surface area contributed by atoms with Crippen molar-refractivity contribution in [3.63, 3.8) is 0 Å². The molecule has 2 aromatic carbocycles. The summed E-state index contributed by atoms with van der Waals surface area (Å²) in [6, 6.07) is 10.4. The van der Waals surface area contributed by atoms with Crippen molar-refractivity contribution >= 4 is 44.8 Å². The number of fused-ring (bicyclic) bond motifs is 1. The molecule has 0 spiro atoms. The zero-order valence-electron chi connectivity index (χ0n) is 16.8. The molecule has 1 aliphatic heterocycles. The number of carbonyl (C=O) groups excluding carboxylic acids is 2. The van der Waals surface area contributed by atoms with Crippen LogP contribution >= 0.6 is 11.8 Å². The van der Waals surface area contributed by atoms with Gasteiger partial charge in [-0.05, 0) is 50.6 Å². The molecule has 0 fully saturated rings. The number of aryl methyl sites for hydroxylation is 2.